The highest BCUT2D eigenvalue weighted by molar-refractivity contribution is 6.32. The zero-order valence-corrected chi connectivity index (χ0v) is 22.1. The molecule has 1 heterocycles. The fraction of sp³-hybridized carbons (Fsp3) is 0.323. The van der Waals surface area contributed by atoms with E-state index in [9.17, 15) is 4.79 Å². The van der Waals surface area contributed by atoms with Gasteiger partial charge in [-0.2, -0.15) is 0 Å². The monoisotopic (exact) mass is 500 g/mol. The molecule has 36 heavy (non-hydrogen) atoms. The number of ketones is 1. The van der Waals surface area contributed by atoms with Gasteiger partial charge >= 0.3 is 0 Å². The largest absolute Gasteiger partial charge is 0.492 e. The molecule has 0 radical (unpaired) electrons. The van der Waals surface area contributed by atoms with Crippen molar-refractivity contribution >= 4 is 28.8 Å². The molecule has 0 bridgehead atoms. The van der Waals surface area contributed by atoms with Gasteiger partial charge < -0.3 is 15.4 Å². The molecule has 1 aliphatic carbocycles. The van der Waals surface area contributed by atoms with Gasteiger partial charge in [0.2, 0.25) is 0 Å². The smallest absolute Gasteiger partial charge is 0.163 e. The second kappa shape index (κ2) is 9.67. The van der Waals surface area contributed by atoms with Crippen molar-refractivity contribution in [1.29, 1.82) is 0 Å². The number of allylic oxidation sites excluding steroid dienone is 1. The van der Waals surface area contributed by atoms with Gasteiger partial charge in [-0.1, -0.05) is 74.8 Å². The Morgan fingerprint density at radius 3 is 2.31 bits per heavy atom. The molecule has 0 saturated carbocycles. The van der Waals surface area contributed by atoms with Gasteiger partial charge in [0.1, 0.15) is 5.75 Å². The maximum absolute atomic E-state index is 13.8. The lowest BCUT2D eigenvalue weighted by atomic mass is 9.77. The molecule has 2 atom stereocenters. The summed E-state index contributed by atoms with van der Waals surface area (Å²) in [7, 11) is 0. The summed E-state index contributed by atoms with van der Waals surface area (Å²) in [5, 5.41) is 7.78. The minimum absolute atomic E-state index is 0.0983. The Morgan fingerprint density at radius 1 is 0.944 bits per heavy atom. The average Bonchev–Trinajstić information content (AvgIpc) is 3.02. The molecular weight excluding hydrogens is 468 g/mol. The topological polar surface area (TPSA) is 50.4 Å². The van der Waals surface area contributed by atoms with E-state index in [1.165, 1.54) is 11.1 Å². The van der Waals surface area contributed by atoms with E-state index in [0.717, 1.165) is 34.6 Å². The highest BCUT2D eigenvalue weighted by Gasteiger charge is 2.36. The zero-order chi connectivity index (χ0) is 25.4. The molecule has 0 aromatic heterocycles. The van der Waals surface area contributed by atoms with Crippen LogP contribution < -0.4 is 15.4 Å². The zero-order valence-electron chi connectivity index (χ0n) is 21.3. The highest BCUT2D eigenvalue weighted by atomic mass is 35.5. The summed E-state index contributed by atoms with van der Waals surface area (Å²) in [5.74, 6) is 0.939. The van der Waals surface area contributed by atoms with E-state index in [1.807, 2.05) is 49.4 Å². The summed E-state index contributed by atoms with van der Waals surface area (Å²) in [6, 6.07) is 22.4. The molecule has 1 aliphatic heterocycles. The van der Waals surface area contributed by atoms with Crippen LogP contribution >= 0.6 is 11.6 Å². The number of halogens is 1. The number of fused-ring (bicyclic) bond motifs is 1. The molecule has 0 saturated heterocycles. The van der Waals surface area contributed by atoms with Crippen LogP contribution in [0.15, 0.2) is 78.0 Å². The minimum Gasteiger partial charge on any atom is -0.492 e. The van der Waals surface area contributed by atoms with Crippen LogP contribution in [0.4, 0.5) is 11.4 Å². The molecular formula is C31H33ClN2O2. The SMILES string of the molecule is CCOc1ccc(C2Nc3ccccc3NC3=C2C(=O)CC(c2ccc(C(C)(C)C)cc2)C3)cc1Cl. The summed E-state index contributed by atoms with van der Waals surface area (Å²) in [4.78, 5) is 13.8. The van der Waals surface area contributed by atoms with E-state index < -0.39 is 0 Å². The number of anilines is 2. The number of rotatable bonds is 4. The molecule has 4 nitrogen and oxygen atoms in total. The third kappa shape index (κ3) is 4.75. The Morgan fingerprint density at radius 2 is 1.64 bits per heavy atom. The number of para-hydroxylation sites is 2. The second-order valence-electron chi connectivity index (χ2n) is 10.7. The average molecular weight is 501 g/mol. The molecule has 2 N–H and O–H groups in total. The van der Waals surface area contributed by atoms with Gasteiger partial charge in [-0.25, -0.2) is 0 Å². The number of benzene rings is 3. The van der Waals surface area contributed by atoms with E-state index in [1.54, 1.807) is 0 Å². The van der Waals surface area contributed by atoms with Crippen LogP contribution in [0.25, 0.3) is 0 Å². The van der Waals surface area contributed by atoms with E-state index in [0.29, 0.717) is 23.8 Å². The molecule has 0 fully saturated rings. The predicted octanol–water partition coefficient (Wildman–Crippen LogP) is 8.02. The Balaban J connectivity index is 1.54. The summed E-state index contributed by atoms with van der Waals surface area (Å²) in [5.41, 5.74) is 7.23. The minimum atomic E-state index is -0.305. The number of Topliss-reactive ketones (excluding diaryl/α,β-unsaturated/α-hetero) is 1. The highest BCUT2D eigenvalue weighted by Crippen LogP contribution is 2.45. The van der Waals surface area contributed by atoms with Crippen LogP contribution in [0.5, 0.6) is 5.75 Å². The van der Waals surface area contributed by atoms with Crippen LogP contribution in [0.3, 0.4) is 0 Å². The first-order valence-corrected chi connectivity index (χ1v) is 13.0. The molecule has 186 valence electrons. The molecule has 5 heteroatoms. The van der Waals surface area contributed by atoms with Crippen molar-refractivity contribution in [2.75, 3.05) is 17.2 Å². The van der Waals surface area contributed by atoms with E-state index in [-0.39, 0.29) is 23.2 Å². The van der Waals surface area contributed by atoms with Crippen LogP contribution in [0, 0.1) is 0 Å². The van der Waals surface area contributed by atoms with Crippen molar-refractivity contribution in [2.45, 2.75) is 57.9 Å². The molecule has 0 spiro atoms. The first kappa shape index (κ1) is 24.5. The van der Waals surface area contributed by atoms with E-state index in [4.69, 9.17) is 16.3 Å². The lowest BCUT2D eigenvalue weighted by molar-refractivity contribution is -0.116. The Kier molecular flexibility index (Phi) is 6.57. The van der Waals surface area contributed by atoms with Crippen LogP contribution in [-0.4, -0.2) is 12.4 Å². The van der Waals surface area contributed by atoms with Crippen molar-refractivity contribution in [2.24, 2.45) is 0 Å². The summed E-state index contributed by atoms with van der Waals surface area (Å²) in [6.45, 7) is 9.14. The number of nitrogens with one attached hydrogen (secondary N) is 2. The van der Waals surface area contributed by atoms with Gasteiger partial charge in [-0.05, 0) is 65.6 Å². The quantitative estimate of drug-likeness (QED) is 0.381. The fourth-order valence-electron chi connectivity index (χ4n) is 5.20. The van der Waals surface area contributed by atoms with E-state index in [2.05, 4.69) is 55.7 Å². The number of hydrogen-bond donors (Lipinski definition) is 2. The van der Waals surface area contributed by atoms with Gasteiger partial charge in [-0.15, -0.1) is 0 Å². The van der Waals surface area contributed by atoms with Gasteiger partial charge in [0.15, 0.2) is 5.78 Å². The normalized spacial score (nSPS) is 19.5. The Labute approximate surface area is 218 Å². The third-order valence-corrected chi connectivity index (χ3v) is 7.44. The molecule has 2 aliphatic rings. The van der Waals surface area contributed by atoms with Gasteiger partial charge in [-0.3, -0.25) is 4.79 Å². The molecule has 2 unspecified atom stereocenters. The molecule has 0 amide bonds. The number of ether oxygens (including phenoxy) is 1. The van der Waals surface area contributed by atoms with Crippen LogP contribution in [0.2, 0.25) is 5.02 Å². The van der Waals surface area contributed by atoms with Crippen molar-refractivity contribution in [3.63, 3.8) is 0 Å². The van der Waals surface area contributed by atoms with Crippen molar-refractivity contribution in [3.05, 3.63) is 99.7 Å². The lowest BCUT2D eigenvalue weighted by Crippen LogP contribution is -2.27. The number of carbonyl (C=O) groups is 1. The Hall–Kier alpha value is -3.24. The predicted molar refractivity (Wildman–Crippen MR) is 148 cm³/mol. The van der Waals surface area contributed by atoms with Gasteiger partial charge in [0.25, 0.3) is 0 Å². The Bertz CT molecular complexity index is 1320. The fourth-order valence-corrected chi connectivity index (χ4v) is 5.45. The molecule has 5 rings (SSSR count). The standard InChI is InChI=1S/C31H33ClN2O2/c1-5-36-28-15-12-20(16-23(28)32)30-29-26(33-24-8-6-7-9-25(24)34-30)17-21(18-27(29)35)19-10-13-22(14-11-19)31(2,3)4/h6-16,21,30,33-34H,5,17-18H2,1-4H3. The van der Waals surface area contributed by atoms with Gasteiger partial charge in [0.05, 0.1) is 29.0 Å². The summed E-state index contributed by atoms with van der Waals surface area (Å²) < 4.78 is 5.64. The van der Waals surface area contributed by atoms with Crippen LogP contribution in [0.1, 0.15) is 69.2 Å². The van der Waals surface area contributed by atoms with E-state index >= 15 is 0 Å². The molecule has 3 aromatic rings. The first-order valence-electron chi connectivity index (χ1n) is 12.7. The summed E-state index contributed by atoms with van der Waals surface area (Å²) >= 11 is 6.56. The maximum Gasteiger partial charge on any atom is 0.163 e. The number of hydrogen-bond acceptors (Lipinski definition) is 4. The van der Waals surface area contributed by atoms with Crippen molar-refractivity contribution in [1.82, 2.24) is 0 Å². The number of carbonyl (C=O) groups excluding carboxylic acids is 1. The lowest BCUT2D eigenvalue weighted by Gasteiger charge is -2.30. The third-order valence-electron chi connectivity index (χ3n) is 7.15. The van der Waals surface area contributed by atoms with Crippen molar-refractivity contribution in [3.8, 4) is 5.75 Å². The summed E-state index contributed by atoms with van der Waals surface area (Å²) in [6.07, 6.45) is 1.25. The van der Waals surface area contributed by atoms with Crippen LogP contribution in [-0.2, 0) is 10.2 Å². The first-order chi connectivity index (χ1) is 17.2. The molecule has 3 aromatic carbocycles. The van der Waals surface area contributed by atoms with Crippen molar-refractivity contribution < 1.29 is 9.53 Å². The maximum atomic E-state index is 13.8. The van der Waals surface area contributed by atoms with Gasteiger partial charge in [0, 0.05) is 17.7 Å². The second-order valence-corrected chi connectivity index (χ2v) is 11.1.